The molecule has 6 nitrogen and oxygen atoms in total. The predicted molar refractivity (Wildman–Crippen MR) is 86.9 cm³/mol. The van der Waals surface area contributed by atoms with Crippen LogP contribution in [0.5, 0.6) is 5.75 Å². The largest absolute Gasteiger partial charge is 0.478 e. The van der Waals surface area contributed by atoms with Crippen molar-refractivity contribution in [3.8, 4) is 5.75 Å². The molecule has 0 aliphatic carbocycles. The summed E-state index contributed by atoms with van der Waals surface area (Å²) in [6.45, 7) is 3.52. The lowest BCUT2D eigenvalue weighted by atomic mass is 10.1. The number of halogens is 1. The van der Waals surface area contributed by atoms with Gasteiger partial charge in [-0.25, -0.2) is 14.2 Å². The van der Waals surface area contributed by atoms with Crippen molar-refractivity contribution in [1.82, 2.24) is 10.3 Å². The Labute approximate surface area is 142 Å². The highest BCUT2D eigenvalue weighted by Gasteiger charge is 2.29. The van der Waals surface area contributed by atoms with Gasteiger partial charge in [-0.15, -0.1) is 11.3 Å². The number of nitrogens with one attached hydrogen (secondary N) is 1. The van der Waals surface area contributed by atoms with Crippen LogP contribution in [0.2, 0.25) is 0 Å². The molecule has 1 aromatic carbocycles. The number of carboxylic acids is 1. The number of amides is 1. The monoisotopic (exact) mass is 352 g/mol. The number of rotatable bonds is 7. The Hall–Kier alpha value is -2.48. The number of aromatic carboxylic acids is 1. The minimum Gasteiger partial charge on any atom is -0.478 e. The summed E-state index contributed by atoms with van der Waals surface area (Å²) in [5.74, 6) is -1.39. The van der Waals surface area contributed by atoms with E-state index in [0.717, 1.165) is 0 Å². The van der Waals surface area contributed by atoms with Crippen molar-refractivity contribution in [3.63, 3.8) is 0 Å². The highest BCUT2D eigenvalue weighted by Crippen LogP contribution is 2.19. The van der Waals surface area contributed by atoms with Crippen LogP contribution in [-0.4, -0.2) is 34.1 Å². The van der Waals surface area contributed by atoms with E-state index in [2.05, 4.69) is 10.3 Å². The molecule has 0 saturated heterocycles. The molecule has 0 bridgehead atoms. The summed E-state index contributed by atoms with van der Waals surface area (Å²) < 4.78 is 18.5. The number of nitrogens with zero attached hydrogens (tertiary/aromatic N) is 1. The molecule has 8 heteroatoms. The van der Waals surface area contributed by atoms with Crippen LogP contribution in [0.1, 0.15) is 29.3 Å². The van der Waals surface area contributed by atoms with Gasteiger partial charge in [0.15, 0.2) is 11.3 Å². The standard InChI is InChI=1S/C16H17FN2O4S/c1-16(2,23-11-5-3-10(17)4-6-11)15(22)18-8-7-13-19-12(9-24-13)14(20)21/h3-6,9H,7-8H2,1-2H3,(H,18,22)(H,20,21). The van der Waals surface area contributed by atoms with Crippen molar-refractivity contribution in [3.05, 3.63) is 46.2 Å². The van der Waals surface area contributed by atoms with Crippen molar-refractivity contribution >= 4 is 23.2 Å². The van der Waals surface area contributed by atoms with Gasteiger partial charge >= 0.3 is 5.97 Å². The Bertz CT molecular complexity index is 728. The van der Waals surface area contributed by atoms with Crippen LogP contribution in [0.25, 0.3) is 0 Å². The number of aromatic nitrogens is 1. The van der Waals surface area contributed by atoms with Crippen LogP contribution in [0.4, 0.5) is 4.39 Å². The van der Waals surface area contributed by atoms with Crippen LogP contribution in [0.3, 0.4) is 0 Å². The van der Waals surface area contributed by atoms with E-state index >= 15 is 0 Å². The van der Waals surface area contributed by atoms with Crippen molar-refractivity contribution in [2.24, 2.45) is 0 Å². The number of carbonyl (C=O) groups is 2. The Balaban J connectivity index is 1.85. The van der Waals surface area contributed by atoms with Crippen molar-refractivity contribution in [2.45, 2.75) is 25.9 Å². The van der Waals surface area contributed by atoms with Crippen LogP contribution in [-0.2, 0) is 11.2 Å². The second-order valence-electron chi connectivity index (χ2n) is 5.50. The predicted octanol–water partition coefficient (Wildman–Crippen LogP) is 2.50. The van der Waals surface area contributed by atoms with Crippen LogP contribution < -0.4 is 10.1 Å². The third-order valence-corrected chi connectivity index (χ3v) is 4.04. The summed E-state index contributed by atoms with van der Waals surface area (Å²) in [4.78, 5) is 26.9. The quantitative estimate of drug-likeness (QED) is 0.799. The molecular weight excluding hydrogens is 335 g/mol. The molecule has 0 spiro atoms. The molecule has 0 aliphatic heterocycles. The summed E-state index contributed by atoms with van der Waals surface area (Å²) in [5.41, 5.74) is -1.13. The number of hydrogen-bond acceptors (Lipinski definition) is 5. The first-order valence-electron chi connectivity index (χ1n) is 7.18. The minimum absolute atomic E-state index is 0.00120. The van der Waals surface area contributed by atoms with E-state index in [9.17, 15) is 14.0 Å². The third-order valence-electron chi connectivity index (χ3n) is 3.13. The van der Waals surface area contributed by atoms with Crippen LogP contribution in [0, 0.1) is 5.82 Å². The molecule has 2 N–H and O–H groups in total. The Morgan fingerprint density at radius 3 is 2.58 bits per heavy atom. The van der Waals surface area contributed by atoms with Crippen molar-refractivity contribution in [1.29, 1.82) is 0 Å². The second kappa shape index (κ2) is 7.39. The van der Waals surface area contributed by atoms with E-state index in [0.29, 0.717) is 23.7 Å². The van der Waals surface area contributed by atoms with Gasteiger partial charge in [-0.1, -0.05) is 0 Å². The zero-order chi connectivity index (χ0) is 17.7. The van der Waals surface area contributed by atoms with Gasteiger partial charge in [0.2, 0.25) is 0 Å². The molecule has 2 aromatic rings. The van der Waals surface area contributed by atoms with Gasteiger partial charge in [0, 0.05) is 18.3 Å². The van der Waals surface area contributed by atoms with Crippen LogP contribution >= 0.6 is 11.3 Å². The number of carboxylic acid groups (broad SMARTS) is 1. The summed E-state index contributed by atoms with van der Waals surface area (Å²) in [5, 5.41) is 13.6. The molecule has 0 atom stereocenters. The lowest BCUT2D eigenvalue weighted by molar-refractivity contribution is -0.134. The minimum atomic E-state index is -1.13. The Morgan fingerprint density at radius 1 is 1.33 bits per heavy atom. The topological polar surface area (TPSA) is 88.5 Å². The molecule has 0 saturated carbocycles. The maximum atomic E-state index is 12.9. The molecule has 0 aliphatic rings. The van der Waals surface area contributed by atoms with E-state index in [1.54, 1.807) is 13.8 Å². The maximum absolute atomic E-state index is 12.9. The third kappa shape index (κ3) is 4.76. The molecular formula is C16H17FN2O4S. The first-order valence-corrected chi connectivity index (χ1v) is 8.06. The molecule has 1 aromatic heterocycles. The summed E-state index contributed by atoms with van der Waals surface area (Å²) in [6, 6.07) is 5.42. The molecule has 0 radical (unpaired) electrons. The summed E-state index contributed by atoms with van der Waals surface area (Å²) >= 11 is 1.23. The van der Waals surface area contributed by atoms with E-state index < -0.39 is 11.6 Å². The van der Waals surface area contributed by atoms with Crippen molar-refractivity contribution in [2.75, 3.05) is 6.54 Å². The summed E-state index contributed by atoms with van der Waals surface area (Å²) in [7, 11) is 0. The average molecular weight is 352 g/mol. The lowest BCUT2D eigenvalue weighted by Gasteiger charge is -2.25. The highest BCUT2D eigenvalue weighted by molar-refractivity contribution is 7.09. The first-order chi connectivity index (χ1) is 11.3. The van der Waals surface area contributed by atoms with Crippen LogP contribution in [0.15, 0.2) is 29.6 Å². The van der Waals surface area contributed by atoms with Gasteiger partial charge in [-0.05, 0) is 38.1 Å². The number of ether oxygens (including phenoxy) is 1. The van der Waals surface area contributed by atoms with Gasteiger partial charge in [-0.3, -0.25) is 4.79 Å². The fourth-order valence-corrected chi connectivity index (χ4v) is 2.64. The lowest BCUT2D eigenvalue weighted by Crippen LogP contribution is -2.47. The van der Waals surface area contributed by atoms with E-state index in [4.69, 9.17) is 9.84 Å². The fourth-order valence-electron chi connectivity index (χ4n) is 1.86. The molecule has 0 fully saturated rings. The number of benzene rings is 1. The highest BCUT2D eigenvalue weighted by atomic mass is 32.1. The maximum Gasteiger partial charge on any atom is 0.355 e. The van der Waals surface area contributed by atoms with Gasteiger partial charge in [-0.2, -0.15) is 0 Å². The number of hydrogen-bond donors (Lipinski definition) is 2. The zero-order valence-corrected chi connectivity index (χ0v) is 14.0. The van der Waals surface area contributed by atoms with E-state index in [1.165, 1.54) is 41.0 Å². The zero-order valence-electron chi connectivity index (χ0n) is 13.2. The Kier molecular flexibility index (Phi) is 5.50. The van der Waals surface area contributed by atoms with Gasteiger partial charge < -0.3 is 15.2 Å². The molecule has 24 heavy (non-hydrogen) atoms. The molecule has 1 amide bonds. The fraction of sp³-hybridized carbons (Fsp3) is 0.312. The van der Waals surface area contributed by atoms with E-state index in [1.807, 2.05) is 0 Å². The van der Waals surface area contributed by atoms with Gasteiger partial charge in [0.1, 0.15) is 11.6 Å². The van der Waals surface area contributed by atoms with E-state index in [-0.39, 0.29) is 17.4 Å². The normalized spacial score (nSPS) is 11.1. The van der Waals surface area contributed by atoms with Gasteiger partial charge in [0.25, 0.3) is 5.91 Å². The van der Waals surface area contributed by atoms with Crippen molar-refractivity contribution < 1.29 is 23.8 Å². The Morgan fingerprint density at radius 2 is 2.00 bits per heavy atom. The molecule has 0 unspecified atom stereocenters. The molecule has 1 heterocycles. The SMILES string of the molecule is CC(C)(Oc1ccc(F)cc1)C(=O)NCCc1nc(C(=O)O)cs1. The summed E-state index contributed by atoms with van der Waals surface area (Å²) in [6.07, 6.45) is 0.427. The first kappa shape index (κ1) is 17.9. The average Bonchev–Trinajstić information content (AvgIpc) is 2.98. The smallest absolute Gasteiger partial charge is 0.355 e. The molecule has 128 valence electrons. The number of carbonyl (C=O) groups excluding carboxylic acids is 1. The second-order valence-corrected chi connectivity index (χ2v) is 6.45. The van der Waals surface area contributed by atoms with Gasteiger partial charge in [0.05, 0.1) is 5.01 Å². The number of thiazole rings is 1. The molecule has 2 rings (SSSR count).